The Kier molecular flexibility index (Phi) is 3.93. The first-order valence-electron chi connectivity index (χ1n) is 4.55. The summed E-state index contributed by atoms with van der Waals surface area (Å²) in [6, 6.07) is 5.60. The number of benzene rings is 1. The summed E-state index contributed by atoms with van der Waals surface area (Å²) in [4.78, 5) is 0. The SMILES string of the molecule is Cc1ccc(C(O)C(O)CCl)cc1C. The first-order valence-corrected chi connectivity index (χ1v) is 5.09. The van der Waals surface area contributed by atoms with Crippen molar-refractivity contribution in [3.8, 4) is 0 Å². The summed E-state index contributed by atoms with van der Waals surface area (Å²) in [5, 5.41) is 19.0. The fraction of sp³-hybridized carbons (Fsp3) is 0.455. The molecule has 1 aromatic rings. The van der Waals surface area contributed by atoms with E-state index in [0.29, 0.717) is 5.56 Å². The molecule has 1 aromatic carbocycles. The molecule has 2 atom stereocenters. The van der Waals surface area contributed by atoms with Gasteiger partial charge < -0.3 is 10.2 Å². The van der Waals surface area contributed by atoms with E-state index in [1.807, 2.05) is 32.0 Å². The molecule has 0 aliphatic carbocycles. The Hall–Kier alpha value is -0.570. The highest BCUT2D eigenvalue weighted by Gasteiger charge is 2.17. The van der Waals surface area contributed by atoms with Gasteiger partial charge in [-0.2, -0.15) is 0 Å². The van der Waals surface area contributed by atoms with Gasteiger partial charge in [0.2, 0.25) is 0 Å². The number of alkyl halides is 1. The minimum atomic E-state index is -0.904. The molecule has 2 N–H and O–H groups in total. The average Bonchev–Trinajstić information content (AvgIpc) is 2.20. The fourth-order valence-corrected chi connectivity index (χ4v) is 1.42. The molecule has 0 aliphatic heterocycles. The maximum atomic E-state index is 9.67. The number of halogens is 1. The van der Waals surface area contributed by atoms with Crippen LogP contribution in [0.3, 0.4) is 0 Å². The molecule has 78 valence electrons. The topological polar surface area (TPSA) is 40.5 Å². The van der Waals surface area contributed by atoms with E-state index in [1.54, 1.807) is 0 Å². The first kappa shape index (κ1) is 11.5. The maximum absolute atomic E-state index is 9.67. The molecule has 0 bridgehead atoms. The number of aliphatic hydroxyl groups is 2. The lowest BCUT2D eigenvalue weighted by atomic mass is 10.0. The Morgan fingerprint density at radius 2 is 1.86 bits per heavy atom. The van der Waals surface area contributed by atoms with Crippen LogP contribution in [0.1, 0.15) is 22.8 Å². The lowest BCUT2D eigenvalue weighted by Crippen LogP contribution is -2.19. The molecule has 0 spiro atoms. The van der Waals surface area contributed by atoms with Gasteiger partial charge in [0.1, 0.15) is 6.10 Å². The van der Waals surface area contributed by atoms with Gasteiger partial charge in [0, 0.05) is 0 Å². The number of hydrogen-bond donors (Lipinski definition) is 2. The zero-order valence-electron chi connectivity index (χ0n) is 8.37. The quantitative estimate of drug-likeness (QED) is 0.755. The number of aliphatic hydroxyl groups excluding tert-OH is 2. The molecule has 0 saturated carbocycles. The van der Waals surface area contributed by atoms with Crippen LogP contribution < -0.4 is 0 Å². The van der Waals surface area contributed by atoms with Gasteiger partial charge in [-0.15, -0.1) is 11.6 Å². The zero-order valence-corrected chi connectivity index (χ0v) is 9.12. The largest absolute Gasteiger partial charge is 0.389 e. The Morgan fingerprint density at radius 3 is 2.36 bits per heavy atom. The molecule has 3 heteroatoms. The van der Waals surface area contributed by atoms with Crippen molar-refractivity contribution in [1.82, 2.24) is 0 Å². The second-order valence-corrected chi connectivity index (χ2v) is 3.82. The maximum Gasteiger partial charge on any atom is 0.106 e. The summed E-state index contributed by atoms with van der Waals surface area (Å²) in [6.45, 7) is 3.97. The average molecular weight is 215 g/mol. The van der Waals surface area contributed by atoms with Gasteiger partial charge >= 0.3 is 0 Å². The monoisotopic (exact) mass is 214 g/mol. The second-order valence-electron chi connectivity index (χ2n) is 3.51. The predicted molar refractivity (Wildman–Crippen MR) is 57.6 cm³/mol. The third-order valence-corrected chi connectivity index (χ3v) is 2.71. The van der Waals surface area contributed by atoms with Crippen molar-refractivity contribution in [3.63, 3.8) is 0 Å². The van der Waals surface area contributed by atoms with Crippen molar-refractivity contribution >= 4 is 11.6 Å². The summed E-state index contributed by atoms with van der Waals surface area (Å²) in [6.07, 6.45) is -1.80. The van der Waals surface area contributed by atoms with E-state index in [1.165, 1.54) is 5.56 Å². The Bertz CT molecular complexity index is 312. The number of aryl methyl sites for hydroxylation is 2. The van der Waals surface area contributed by atoms with E-state index >= 15 is 0 Å². The van der Waals surface area contributed by atoms with Crippen LogP contribution in [0.4, 0.5) is 0 Å². The van der Waals surface area contributed by atoms with Gasteiger partial charge in [0.25, 0.3) is 0 Å². The molecule has 1 rings (SSSR count). The molecule has 14 heavy (non-hydrogen) atoms. The zero-order chi connectivity index (χ0) is 10.7. The van der Waals surface area contributed by atoms with Gasteiger partial charge in [-0.05, 0) is 30.5 Å². The molecule has 0 aromatic heterocycles. The van der Waals surface area contributed by atoms with Gasteiger partial charge in [-0.25, -0.2) is 0 Å². The predicted octanol–water partition coefficient (Wildman–Crippen LogP) is 1.94. The van der Waals surface area contributed by atoms with Gasteiger partial charge in [-0.1, -0.05) is 18.2 Å². The number of hydrogen-bond acceptors (Lipinski definition) is 2. The minimum absolute atomic E-state index is 0.0358. The van der Waals surface area contributed by atoms with Crippen molar-refractivity contribution < 1.29 is 10.2 Å². The molecule has 0 radical (unpaired) electrons. The van der Waals surface area contributed by atoms with Gasteiger partial charge in [0.05, 0.1) is 12.0 Å². The molecular formula is C11H15ClO2. The second kappa shape index (κ2) is 4.78. The van der Waals surface area contributed by atoms with Crippen LogP contribution in [0.15, 0.2) is 18.2 Å². The lowest BCUT2D eigenvalue weighted by molar-refractivity contribution is 0.0327. The Labute approximate surface area is 89.1 Å². The van der Waals surface area contributed by atoms with E-state index in [4.69, 9.17) is 11.6 Å². The van der Waals surface area contributed by atoms with Crippen molar-refractivity contribution in [1.29, 1.82) is 0 Å². The van der Waals surface area contributed by atoms with Crippen LogP contribution >= 0.6 is 11.6 Å². The minimum Gasteiger partial charge on any atom is -0.389 e. The third kappa shape index (κ3) is 2.47. The molecule has 2 nitrogen and oxygen atoms in total. The van der Waals surface area contributed by atoms with E-state index in [0.717, 1.165) is 5.56 Å². The molecule has 0 saturated heterocycles. The van der Waals surface area contributed by atoms with Crippen LogP contribution in [-0.4, -0.2) is 22.2 Å². The highest BCUT2D eigenvalue weighted by Crippen LogP contribution is 2.20. The summed E-state index contributed by atoms with van der Waals surface area (Å²) in [7, 11) is 0. The molecule has 0 heterocycles. The fourth-order valence-electron chi connectivity index (χ4n) is 1.26. The summed E-state index contributed by atoms with van der Waals surface area (Å²) >= 11 is 5.46. The van der Waals surface area contributed by atoms with Crippen LogP contribution in [0.2, 0.25) is 0 Å². The molecule has 0 amide bonds. The highest BCUT2D eigenvalue weighted by atomic mass is 35.5. The lowest BCUT2D eigenvalue weighted by Gasteiger charge is -2.16. The highest BCUT2D eigenvalue weighted by molar-refractivity contribution is 6.18. The Balaban J connectivity index is 2.91. The molecule has 0 aliphatic rings. The van der Waals surface area contributed by atoms with E-state index < -0.39 is 12.2 Å². The summed E-state index contributed by atoms with van der Waals surface area (Å²) in [5.74, 6) is 0.0358. The van der Waals surface area contributed by atoms with E-state index in [2.05, 4.69) is 0 Å². The van der Waals surface area contributed by atoms with Crippen LogP contribution in [0.5, 0.6) is 0 Å². The van der Waals surface area contributed by atoms with Crippen molar-refractivity contribution in [2.24, 2.45) is 0 Å². The van der Waals surface area contributed by atoms with Crippen LogP contribution in [-0.2, 0) is 0 Å². The van der Waals surface area contributed by atoms with Crippen molar-refractivity contribution in [2.75, 3.05) is 5.88 Å². The van der Waals surface area contributed by atoms with Gasteiger partial charge in [0.15, 0.2) is 0 Å². The first-order chi connectivity index (χ1) is 6.56. The van der Waals surface area contributed by atoms with Crippen LogP contribution in [0.25, 0.3) is 0 Å². The number of rotatable bonds is 3. The van der Waals surface area contributed by atoms with E-state index in [9.17, 15) is 10.2 Å². The Morgan fingerprint density at radius 1 is 1.21 bits per heavy atom. The van der Waals surface area contributed by atoms with E-state index in [-0.39, 0.29) is 5.88 Å². The summed E-state index contributed by atoms with van der Waals surface area (Å²) in [5.41, 5.74) is 2.98. The standard InChI is InChI=1S/C11H15ClO2/c1-7-3-4-9(5-8(7)2)11(14)10(13)6-12/h3-5,10-11,13-14H,6H2,1-2H3. The van der Waals surface area contributed by atoms with Crippen molar-refractivity contribution in [3.05, 3.63) is 34.9 Å². The van der Waals surface area contributed by atoms with Crippen molar-refractivity contribution in [2.45, 2.75) is 26.1 Å². The summed E-state index contributed by atoms with van der Waals surface area (Å²) < 4.78 is 0. The van der Waals surface area contributed by atoms with Gasteiger partial charge in [-0.3, -0.25) is 0 Å². The molecule has 0 fully saturated rings. The normalized spacial score (nSPS) is 15.2. The molecule has 2 unspecified atom stereocenters. The third-order valence-electron chi connectivity index (χ3n) is 2.40. The van der Waals surface area contributed by atoms with Crippen LogP contribution in [0, 0.1) is 13.8 Å². The molecular weight excluding hydrogens is 200 g/mol. The smallest absolute Gasteiger partial charge is 0.106 e.